The summed E-state index contributed by atoms with van der Waals surface area (Å²) in [6, 6.07) is 8.90. The number of hydrogen-bond donors (Lipinski definition) is 2. The maximum absolute atomic E-state index is 12.9. The fraction of sp³-hybridized carbons (Fsp3) is 0.0667. The molecule has 1 amide bonds. The molecule has 120 valence electrons. The third-order valence-corrected chi connectivity index (χ3v) is 3.77. The van der Waals surface area contributed by atoms with Gasteiger partial charge in [-0.3, -0.25) is 10.1 Å². The number of nitrogens with two attached hydrogens (primary N) is 1. The molecule has 0 heterocycles. The molecule has 0 saturated heterocycles. The van der Waals surface area contributed by atoms with Crippen LogP contribution in [0.2, 0.25) is 5.02 Å². The summed E-state index contributed by atoms with van der Waals surface area (Å²) in [6.45, 7) is 0.205. The van der Waals surface area contributed by atoms with Gasteiger partial charge in [0.05, 0.1) is 9.50 Å². The molecule has 2 rings (SSSR count). The molecule has 4 nitrogen and oxygen atoms in total. The molecule has 0 bridgehead atoms. The SMILES string of the molecule is NC(=S)NC(=O)c1cc(Cl)c(OCc2ccc(F)cc2)c(Br)c1. The molecule has 0 unspecified atom stereocenters. The van der Waals surface area contributed by atoms with Crippen molar-refractivity contribution in [2.24, 2.45) is 5.73 Å². The van der Waals surface area contributed by atoms with Gasteiger partial charge in [-0.05, 0) is 58.0 Å². The molecule has 0 spiro atoms. The minimum Gasteiger partial charge on any atom is -0.486 e. The van der Waals surface area contributed by atoms with Gasteiger partial charge in [-0.1, -0.05) is 23.7 Å². The van der Waals surface area contributed by atoms with Gasteiger partial charge >= 0.3 is 0 Å². The molecule has 8 heteroatoms. The van der Waals surface area contributed by atoms with Crippen LogP contribution < -0.4 is 15.8 Å². The lowest BCUT2D eigenvalue weighted by Gasteiger charge is -2.12. The van der Waals surface area contributed by atoms with E-state index in [1.807, 2.05) is 0 Å². The van der Waals surface area contributed by atoms with Crippen LogP contribution in [0.1, 0.15) is 15.9 Å². The Hall–Kier alpha value is -1.70. The van der Waals surface area contributed by atoms with Gasteiger partial charge in [0.2, 0.25) is 0 Å². The summed E-state index contributed by atoms with van der Waals surface area (Å²) in [4.78, 5) is 11.8. The molecule has 0 saturated carbocycles. The molecule has 0 aromatic heterocycles. The number of ether oxygens (including phenoxy) is 1. The van der Waals surface area contributed by atoms with Crippen LogP contribution in [-0.4, -0.2) is 11.0 Å². The van der Waals surface area contributed by atoms with Crippen molar-refractivity contribution in [2.75, 3.05) is 0 Å². The van der Waals surface area contributed by atoms with E-state index in [4.69, 9.17) is 22.1 Å². The van der Waals surface area contributed by atoms with Crippen LogP contribution in [0.15, 0.2) is 40.9 Å². The molecule has 2 aromatic rings. The summed E-state index contributed by atoms with van der Waals surface area (Å²) in [7, 11) is 0. The Morgan fingerprint density at radius 3 is 2.57 bits per heavy atom. The standard InChI is InChI=1S/C15H11BrClFN2O2S/c16-11-5-9(14(21)20-15(19)23)6-12(17)13(11)22-7-8-1-3-10(18)4-2-8/h1-6H,7H2,(H3,19,20,21,23). The topological polar surface area (TPSA) is 64.3 Å². The predicted octanol–water partition coefficient (Wildman–Crippen LogP) is 3.79. The first-order chi connectivity index (χ1) is 10.9. The van der Waals surface area contributed by atoms with E-state index in [0.717, 1.165) is 5.56 Å². The van der Waals surface area contributed by atoms with Gasteiger partial charge in [0.15, 0.2) is 10.9 Å². The Balaban J connectivity index is 2.15. The number of carbonyl (C=O) groups is 1. The number of halogens is 3. The first kappa shape index (κ1) is 17.7. The first-order valence-corrected chi connectivity index (χ1v) is 7.92. The van der Waals surface area contributed by atoms with Crippen LogP contribution >= 0.6 is 39.7 Å². The number of rotatable bonds is 4. The summed E-state index contributed by atoms with van der Waals surface area (Å²) in [5.41, 5.74) is 6.33. The van der Waals surface area contributed by atoms with Crippen LogP contribution in [0, 0.1) is 5.82 Å². The van der Waals surface area contributed by atoms with E-state index in [2.05, 4.69) is 33.5 Å². The van der Waals surface area contributed by atoms with E-state index >= 15 is 0 Å². The third-order valence-electron chi connectivity index (χ3n) is 2.79. The van der Waals surface area contributed by atoms with Crippen LogP contribution in [0.5, 0.6) is 5.75 Å². The lowest BCUT2D eigenvalue weighted by molar-refractivity contribution is 0.0977. The van der Waals surface area contributed by atoms with Gasteiger partial charge in [0.1, 0.15) is 12.4 Å². The van der Waals surface area contributed by atoms with Crippen molar-refractivity contribution in [1.29, 1.82) is 0 Å². The highest BCUT2D eigenvalue weighted by atomic mass is 79.9. The van der Waals surface area contributed by atoms with Gasteiger partial charge in [-0.2, -0.15) is 0 Å². The predicted molar refractivity (Wildman–Crippen MR) is 94.1 cm³/mol. The number of benzene rings is 2. The smallest absolute Gasteiger partial charge is 0.257 e. The number of carbonyl (C=O) groups excluding carboxylic acids is 1. The van der Waals surface area contributed by atoms with Crippen LogP contribution in [0.3, 0.4) is 0 Å². The van der Waals surface area contributed by atoms with Crippen LogP contribution in [0.25, 0.3) is 0 Å². The number of amides is 1. The van der Waals surface area contributed by atoms with Gasteiger partial charge in [-0.25, -0.2) is 4.39 Å². The first-order valence-electron chi connectivity index (χ1n) is 6.34. The minimum absolute atomic E-state index is 0.126. The van der Waals surface area contributed by atoms with Crippen molar-refractivity contribution in [1.82, 2.24) is 5.32 Å². The number of nitrogens with one attached hydrogen (secondary N) is 1. The fourth-order valence-corrected chi connectivity index (χ4v) is 2.80. The van der Waals surface area contributed by atoms with Gasteiger partial charge in [0.25, 0.3) is 5.91 Å². The van der Waals surface area contributed by atoms with Crippen molar-refractivity contribution in [2.45, 2.75) is 6.61 Å². The largest absolute Gasteiger partial charge is 0.486 e. The Kier molecular flexibility index (Phi) is 5.92. The minimum atomic E-state index is -0.467. The Morgan fingerprint density at radius 2 is 2.00 bits per heavy atom. The van der Waals surface area contributed by atoms with E-state index in [9.17, 15) is 9.18 Å². The molecule has 3 N–H and O–H groups in total. The fourth-order valence-electron chi connectivity index (χ4n) is 1.75. The summed E-state index contributed by atoms with van der Waals surface area (Å²) in [6.07, 6.45) is 0. The second-order valence-electron chi connectivity index (χ2n) is 4.50. The van der Waals surface area contributed by atoms with Crippen molar-refractivity contribution in [3.8, 4) is 5.75 Å². The molecule has 23 heavy (non-hydrogen) atoms. The van der Waals surface area contributed by atoms with Gasteiger partial charge < -0.3 is 10.5 Å². The normalized spacial score (nSPS) is 10.2. The maximum atomic E-state index is 12.9. The monoisotopic (exact) mass is 416 g/mol. The van der Waals surface area contributed by atoms with E-state index in [1.54, 1.807) is 18.2 Å². The van der Waals surface area contributed by atoms with Crippen molar-refractivity contribution in [3.05, 3.63) is 62.8 Å². The second-order valence-corrected chi connectivity index (χ2v) is 6.20. The third kappa shape index (κ3) is 4.89. The summed E-state index contributed by atoms with van der Waals surface area (Å²) >= 11 is 14.1. The summed E-state index contributed by atoms with van der Waals surface area (Å²) < 4.78 is 19.0. The molecule has 2 aromatic carbocycles. The van der Waals surface area contributed by atoms with Gasteiger partial charge in [0, 0.05) is 5.56 Å². The number of hydrogen-bond acceptors (Lipinski definition) is 3. The van der Waals surface area contributed by atoms with Crippen molar-refractivity contribution >= 4 is 50.8 Å². The summed E-state index contributed by atoms with van der Waals surface area (Å²) in [5, 5.41) is 2.43. The summed E-state index contributed by atoms with van der Waals surface area (Å²) in [5.74, 6) is -0.408. The average Bonchev–Trinajstić information content (AvgIpc) is 2.47. The molecular formula is C15H11BrClFN2O2S. The molecule has 0 fully saturated rings. The average molecular weight is 418 g/mol. The van der Waals surface area contributed by atoms with Gasteiger partial charge in [-0.15, -0.1) is 0 Å². The highest BCUT2D eigenvalue weighted by Gasteiger charge is 2.14. The lowest BCUT2D eigenvalue weighted by Crippen LogP contribution is -2.34. The zero-order valence-electron chi connectivity index (χ0n) is 11.6. The highest BCUT2D eigenvalue weighted by Crippen LogP contribution is 2.35. The molecule has 0 aliphatic heterocycles. The maximum Gasteiger partial charge on any atom is 0.257 e. The van der Waals surface area contributed by atoms with E-state index in [0.29, 0.717) is 10.2 Å². The van der Waals surface area contributed by atoms with E-state index in [1.165, 1.54) is 18.2 Å². The van der Waals surface area contributed by atoms with Crippen molar-refractivity contribution in [3.63, 3.8) is 0 Å². The molecule has 0 aliphatic rings. The Morgan fingerprint density at radius 1 is 1.35 bits per heavy atom. The quantitative estimate of drug-likeness (QED) is 0.743. The highest BCUT2D eigenvalue weighted by molar-refractivity contribution is 9.10. The van der Waals surface area contributed by atoms with Crippen LogP contribution in [0.4, 0.5) is 4.39 Å². The molecule has 0 atom stereocenters. The lowest BCUT2D eigenvalue weighted by atomic mass is 10.2. The Bertz CT molecular complexity index is 733. The molecule has 0 aliphatic carbocycles. The second kappa shape index (κ2) is 7.72. The zero-order valence-corrected chi connectivity index (χ0v) is 14.8. The Labute approximate surface area is 150 Å². The van der Waals surface area contributed by atoms with Crippen molar-refractivity contribution < 1.29 is 13.9 Å². The zero-order chi connectivity index (χ0) is 17.0. The molecule has 0 radical (unpaired) electrons. The van der Waals surface area contributed by atoms with E-state index < -0.39 is 5.91 Å². The number of thiocarbonyl (C=S) groups is 1. The van der Waals surface area contributed by atoms with Crippen LogP contribution in [-0.2, 0) is 6.61 Å². The van der Waals surface area contributed by atoms with E-state index in [-0.39, 0.29) is 28.1 Å². The molecular weight excluding hydrogens is 407 g/mol.